The van der Waals surface area contributed by atoms with E-state index in [0.29, 0.717) is 28.4 Å². The summed E-state index contributed by atoms with van der Waals surface area (Å²) < 4.78 is 0. The molecule has 140 valence electrons. The minimum absolute atomic E-state index is 0.0129. The molecule has 0 saturated carbocycles. The molecule has 1 aliphatic heterocycles. The molecule has 0 radical (unpaired) electrons. The third kappa shape index (κ3) is 5.10. The summed E-state index contributed by atoms with van der Waals surface area (Å²) >= 11 is 6.04. The van der Waals surface area contributed by atoms with Gasteiger partial charge in [-0.3, -0.25) is 10.2 Å². The molecule has 2 atom stereocenters. The van der Waals surface area contributed by atoms with Crippen molar-refractivity contribution in [2.45, 2.75) is 25.4 Å². The van der Waals surface area contributed by atoms with Crippen LogP contribution in [-0.4, -0.2) is 29.3 Å². The Labute approximate surface area is 161 Å². The van der Waals surface area contributed by atoms with Crippen LogP contribution in [0.5, 0.6) is 5.75 Å². The SMILES string of the molecule is CC1CC(C(=O)N/N=C/c2cc(N=Nc3ccccc3Cl)ccc2O)NN1. The van der Waals surface area contributed by atoms with E-state index in [-0.39, 0.29) is 23.7 Å². The fourth-order valence-corrected chi connectivity index (χ4v) is 2.66. The van der Waals surface area contributed by atoms with Crippen LogP contribution >= 0.6 is 11.6 Å². The fourth-order valence-electron chi connectivity index (χ4n) is 2.48. The molecule has 0 aliphatic carbocycles. The number of nitrogens with one attached hydrogen (secondary N) is 3. The van der Waals surface area contributed by atoms with E-state index in [9.17, 15) is 9.90 Å². The van der Waals surface area contributed by atoms with E-state index in [0.717, 1.165) is 0 Å². The van der Waals surface area contributed by atoms with Crippen LogP contribution in [0.3, 0.4) is 0 Å². The summed E-state index contributed by atoms with van der Waals surface area (Å²) in [5, 5.41) is 22.6. The number of hydrogen-bond acceptors (Lipinski definition) is 7. The van der Waals surface area contributed by atoms with E-state index in [4.69, 9.17) is 11.6 Å². The lowest BCUT2D eigenvalue weighted by Gasteiger charge is -2.06. The summed E-state index contributed by atoms with van der Waals surface area (Å²) in [4.78, 5) is 12.0. The largest absolute Gasteiger partial charge is 0.507 e. The summed E-state index contributed by atoms with van der Waals surface area (Å²) in [6.45, 7) is 1.98. The van der Waals surface area contributed by atoms with Gasteiger partial charge < -0.3 is 5.11 Å². The van der Waals surface area contributed by atoms with Crippen molar-refractivity contribution in [1.29, 1.82) is 0 Å². The second-order valence-electron chi connectivity index (χ2n) is 6.11. The number of hydrazone groups is 1. The van der Waals surface area contributed by atoms with Crippen LogP contribution in [0, 0.1) is 0 Å². The molecule has 3 rings (SSSR count). The summed E-state index contributed by atoms with van der Waals surface area (Å²) in [6.07, 6.45) is 2.03. The van der Waals surface area contributed by atoms with Crippen LogP contribution in [0.2, 0.25) is 5.02 Å². The van der Waals surface area contributed by atoms with Crippen molar-refractivity contribution in [2.24, 2.45) is 15.3 Å². The summed E-state index contributed by atoms with van der Waals surface area (Å²) in [5.74, 6) is -0.240. The second kappa shape index (κ2) is 8.72. The molecule has 2 aromatic carbocycles. The van der Waals surface area contributed by atoms with Crippen LogP contribution in [0.25, 0.3) is 0 Å². The molecule has 1 saturated heterocycles. The number of carbonyl (C=O) groups excluding carboxylic acids is 1. The maximum atomic E-state index is 12.0. The van der Waals surface area contributed by atoms with Gasteiger partial charge in [-0.2, -0.15) is 10.2 Å². The zero-order valence-corrected chi connectivity index (χ0v) is 15.3. The number of amides is 1. The van der Waals surface area contributed by atoms with Crippen LogP contribution < -0.4 is 16.3 Å². The Kier molecular flexibility index (Phi) is 6.12. The molecule has 0 spiro atoms. The number of benzene rings is 2. The third-order valence-corrected chi connectivity index (χ3v) is 4.24. The van der Waals surface area contributed by atoms with Gasteiger partial charge in [-0.25, -0.2) is 10.9 Å². The maximum absolute atomic E-state index is 12.0. The number of azo groups is 1. The van der Waals surface area contributed by atoms with E-state index in [1.165, 1.54) is 12.3 Å². The predicted octanol–water partition coefficient (Wildman–Crippen LogP) is 3.17. The van der Waals surface area contributed by atoms with Crippen LogP contribution in [0.1, 0.15) is 18.9 Å². The van der Waals surface area contributed by atoms with Crippen molar-refractivity contribution in [1.82, 2.24) is 16.3 Å². The zero-order chi connectivity index (χ0) is 19.2. The highest BCUT2D eigenvalue weighted by Gasteiger charge is 2.26. The van der Waals surface area contributed by atoms with Crippen molar-refractivity contribution in [3.8, 4) is 5.75 Å². The average Bonchev–Trinajstić information content (AvgIpc) is 3.09. The lowest BCUT2D eigenvalue weighted by atomic mass is 10.1. The highest BCUT2D eigenvalue weighted by molar-refractivity contribution is 6.32. The molecular formula is C18H19ClN6O2. The van der Waals surface area contributed by atoms with Crippen molar-refractivity contribution in [2.75, 3.05) is 0 Å². The van der Waals surface area contributed by atoms with Gasteiger partial charge in [0.1, 0.15) is 17.5 Å². The second-order valence-corrected chi connectivity index (χ2v) is 6.51. The molecule has 9 heteroatoms. The third-order valence-electron chi connectivity index (χ3n) is 3.92. The first kappa shape index (κ1) is 19.0. The maximum Gasteiger partial charge on any atom is 0.258 e. The Balaban J connectivity index is 1.66. The average molecular weight is 387 g/mol. The number of carbonyl (C=O) groups is 1. The standard InChI is InChI=1S/C18H19ClN6O2/c1-11-8-16(24-21-11)18(27)25-20-10-12-9-13(6-7-17(12)26)22-23-15-5-3-2-4-14(15)19/h2-7,9-11,16,21,24,26H,8H2,1H3,(H,25,27)/b20-10+,23-22?. The molecule has 2 aromatic rings. The van der Waals surface area contributed by atoms with Crippen molar-refractivity contribution < 1.29 is 9.90 Å². The van der Waals surface area contributed by atoms with E-state index >= 15 is 0 Å². The van der Waals surface area contributed by atoms with Crippen LogP contribution in [0.4, 0.5) is 11.4 Å². The summed E-state index contributed by atoms with van der Waals surface area (Å²) in [6, 6.07) is 11.7. The number of aromatic hydroxyl groups is 1. The minimum atomic E-state index is -0.346. The van der Waals surface area contributed by atoms with Crippen molar-refractivity contribution in [3.05, 3.63) is 53.1 Å². The number of halogens is 1. The Morgan fingerprint density at radius 3 is 2.81 bits per heavy atom. The molecule has 1 aliphatic rings. The van der Waals surface area contributed by atoms with Gasteiger partial charge in [0, 0.05) is 11.6 Å². The molecular weight excluding hydrogens is 368 g/mol. The Bertz CT molecular complexity index is 886. The van der Waals surface area contributed by atoms with Gasteiger partial charge in [-0.1, -0.05) is 23.7 Å². The van der Waals surface area contributed by atoms with Gasteiger partial charge in [0.2, 0.25) is 0 Å². The van der Waals surface area contributed by atoms with Crippen LogP contribution in [0.15, 0.2) is 57.8 Å². The quantitative estimate of drug-likeness (QED) is 0.359. The number of phenolic OH excluding ortho intramolecular Hbond substituents is 1. The minimum Gasteiger partial charge on any atom is -0.507 e. The summed E-state index contributed by atoms with van der Waals surface area (Å²) in [5.41, 5.74) is 9.76. The van der Waals surface area contributed by atoms with E-state index in [1.54, 1.807) is 24.3 Å². The molecule has 1 heterocycles. The summed E-state index contributed by atoms with van der Waals surface area (Å²) in [7, 11) is 0. The molecule has 0 aromatic heterocycles. The topological polar surface area (TPSA) is 110 Å². The predicted molar refractivity (Wildman–Crippen MR) is 104 cm³/mol. The number of hydrogen-bond donors (Lipinski definition) is 4. The molecule has 2 unspecified atom stereocenters. The normalized spacial score (nSPS) is 19.8. The van der Waals surface area contributed by atoms with Crippen molar-refractivity contribution >= 4 is 35.1 Å². The number of hydrazine groups is 1. The first-order chi connectivity index (χ1) is 13.0. The Hall–Kier alpha value is -2.81. The van der Waals surface area contributed by atoms with E-state index in [2.05, 4.69) is 31.6 Å². The number of nitrogens with zero attached hydrogens (tertiary/aromatic N) is 3. The Morgan fingerprint density at radius 1 is 1.26 bits per heavy atom. The lowest BCUT2D eigenvalue weighted by molar-refractivity contribution is -0.122. The smallest absolute Gasteiger partial charge is 0.258 e. The lowest BCUT2D eigenvalue weighted by Crippen LogP contribution is -2.41. The number of rotatable bonds is 5. The fraction of sp³-hybridized carbons (Fsp3) is 0.222. The van der Waals surface area contributed by atoms with Gasteiger partial charge in [0.05, 0.1) is 16.9 Å². The molecule has 8 nitrogen and oxygen atoms in total. The number of phenols is 1. The monoisotopic (exact) mass is 386 g/mol. The zero-order valence-electron chi connectivity index (χ0n) is 14.6. The molecule has 1 amide bonds. The van der Waals surface area contributed by atoms with Gasteiger partial charge >= 0.3 is 0 Å². The van der Waals surface area contributed by atoms with Crippen LogP contribution in [-0.2, 0) is 4.79 Å². The van der Waals surface area contributed by atoms with Gasteiger partial charge in [0.15, 0.2) is 0 Å². The molecule has 1 fully saturated rings. The van der Waals surface area contributed by atoms with Gasteiger partial charge in [-0.15, -0.1) is 5.11 Å². The first-order valence-corrected chi connectivity index (χ1v) is 8.74. The highest BCUT2D eigenvalue weighted by atomic mass is 35.5. The Morgan fingerprint density at radius 2 is 2.07 bits per heavy atom. The highest BCUT2D eigenvalue weighted by Crippen LogP contribution is 2.27. The molecule has 27 heavy (non-hydrogen) atoms. The van der Waals surface area contributed by atoms with Gasteiger partial charge in [0.25, 0.3) is 5.91 Å². The van der Waals surface area contributed by atoms with E-state index < -0.39 is 0 Å². The van der Waals surface area contributed by atoms with E-state index in [1.807, 2.05) is 19.1 Å². The molecule has 4 N–H and O–H groups in total. The van der Waals surface area contributed by atoms with Gasteiger partial charge in [-0.05, 0) is 43.7 Å². The van der Waals surface area contributed by atoms with Crippen molar-refractivity contribution in [3.63, 3.8) is 0 Å². The first-order valence-electron chi connectivity index (χ1n) is 8.36. The molecule has 0 bridgehead atoms.